The van der Waals surface area contributed by atoms with Crippen LogP contribution in [0.3, 0.4) is 0 Å². The van der Waals surface area contributed by atoms with Gasteiger partial charge < -0.3 is 15.6 Å². The van der Waals surface area contributed by atoms with E-state index in [-0.39, 0.29) is 28.8 Å². The Morgan fingerprint density at radius 2 is 1.93 bits per heavy atom. The number of nitrogens with one attached hydrogen (secondary N) is 3. The molecule has 1 amide bonds. The van der Waals surface area contributed by atoms with Crippen LogP contribution in [-0.2, 0) is 4.79 Å². The van der Waals surface area contributed by atoms with E-state index in [1.807, 2.05) is 0 Å². The molecule has 0 spiro atoms. The molecule has 3 N–H and O–H groups in total. The van der Waals surface area contributed by atoms with E-state index in [2.05, 4.69) is 35.6 Å². The van der Waals surface area contributed by atoms with Crippen molar-refractivity contribution in [3.63, 3.8) is 0 Å². The van der Waals surface area contributed by atoms with Crippen LogP contribution in [-0.4, -0.2) is 30.8 Å². The first kappa shape index (κ1) is 19.3. The molecule has 0 fully saturated rings. The normalized spacial score (nSPS) is 11.1. The van der Waals surface area contributed by atoms with Gasteiger partial charge in [-0.2, -0.15) is 0 Å². The van der Waals surface area contributed by atoms with Crippen LogP contribution in [0.25, 0.3) is 22.6 Å². The van der Waals surface area contributed by atoms with Crippen molar-refractivity contribution < 1.29 is 18.0 Å². The number of aromatic amines is 1. The minimum absolute atomic E-state index is 0.00944. The van der Waals surface area contributed by atoms with Crippen LogP contribution in [0, 0.1) is 5.82 Å². The molecule has 0 aliphatic carbocycles. The van der Waals surface area contributed by atoms with Gasteiger partial charge in [-0.1, -0.05) is 6.07 Å². The second-order valence-electron chi connectivity index (χ2n) is 6.21. The number of amides is 1. The Bertz CT molecular complexity index is 1240. The molecule has 0 radical (unpaired) electrons. The molecule has 0 atom stereocenters. The summed E-state index contributed by atoms with van der Waals surface area (Å²) in [7, 11) is 0. The van der Waals surface area contributed by atoms with Gasteiger partial charge in [0, 0.05) is 19.3 Å². The standard InChI is InChI=1S/C19H14F3N7O/c1-9(30)25-19-14(20)11(6-8-24-19)27-17-10-5-7-23-16(10)28-18(29-17)13-4-2-3-12(26-13)15(21)22/h2-8,15H,1H3,(H3,23,24,25,27,28,29,30). The minimum atomic E-state index is -2.74. The number of carbonyl (C=O) groups is 1. The molecule has 152 valence electrons. The highest BCUT2D eigenvalue weighted by Gasteiger charge is 2.17. The van der Waals surface area contributed by atoms with Crippen LogP contribution in [0.5, 0.6) is 0 Å². The largest absolute Gasteiger partial charge is 0.346 e. The molecule has 4 aromatic heterocycles. The molecule has 0 saturated carbocycles. The summed E-state index contributed by atoms with van der Waals surface area (Å²) in [5.74, 6) is -1.19. The first-order valence-electron chi connectivity index (χ1n) is 8.72. The van der Waals surface area contributed by atoms with Crippen molar-refractivity contribution in [1.29, 1.82) is 0 Å². The quantitative estimate of drug-likeness (QED) is 0.453. The average Bonchev–Trinajstić information content (AvgIpc) is 3.19. The predicted molar refractivity (Wildman–Crippen MR) is 104 cm³/mol. The molecular formula is C19H14F3N7O. The maximum absolute atomic E-state index is 14.7. The summed E-state index contributed by atoms with van der Waals surface area (Å²) in [6.45, 7) is 1.24. The lowest BCUT2D eigenvalue weighted by molar-refractivity contribution is -0.114. The molecule has 0 saturated heterocycles. The summed E-state index contributed by atoms with van der Waals surface area (Å²) >= 11 is 0. The maximum atomic E-state index is 14.7. The highest BCUT2D eigenvalue weighted by molar-refractivity contribution is 5.91. The zero-order valence-corrected chi connectivity index (χ0v) is 15.4. The fourth-order valence-electron chi connectivity index (χ4n) is 2.77. The number of anilines is 3. The van der Waals surface area contributed by atoms with Gasteiger partial charge in [-0.25, -0.2) is 33.1 Å². The lowest BCUT2D eigenvalue weighted by atomic mass is 10.2. The van der Waals surface area contributed by atoms with Crippen molar-refractivity contribution in [3.8, 4) is 11.5 Å². The number of halogens is 3. The molecule has 30 heavy (non-hydrogen) atoms. The second kappa shape index (κ2) is 7.78. The van der Waals surface area contributed by atoms with Gasteiger partial charge in [0.05, 0.1) is 11.1 Å². The van der Waals surface area contributed by atoms with Crippen molar-refractivity contribution in [3.05, 3.63) is 54.2 Å². The molecule has 4 aromatic rings. The van der Waals surface area contributed by atoms with Crippen LogP contribution in [0.1, 0.15) is 19.0 Å². The van der Waals surface area contributed by atoms with Crippen LogP contribution in [0.2, 0.25) is 0 Å². The maximum Gasteiger partial charge on any atom is 0.280 e. The number of alkyl halides is 2. The number of carbonyl (C=O) groups excluding carboxylic acids is 1. The Labute approximate surface area is 167 Å². The summed E-state index contributed by atoms with van der Waals surface area (Å²) < 4.78 is 40.7. The Balaban J connectivity index is 1.78. The number of hydrogen-bond donors (Lipinski definition) is 3. The third kappa shape index (κ3) is 3.77. The number of hydrogen-bond acceptors (Lipinski definition) is 6. The third-order valence-corrected chi connectivity index (χ3v) is 4.08. The Morgan fingerprint density at radius 3 is 2.70 bits per heavy atom. The van der Waals surface area contributed by atoms with Gasteiger partial charge in [0.15, 0.2) is 17.5 Å². The van der Waals surface area contributed by atoms with Crippen LogP contribution >= 0.6 is 0 Å². The fourth-order valence-corrected chi connectivity index (χ4v) is 2.77. The molecule has 8 nitrogen and oxygen atoms in total. The van der Waals surface area contributed by atoms with Crippen LogP contribution in [0.4, 0.5) is 30.5 Å². The first-order valence-corrected chi connectivity index (χ1v) is 8.72. The Hall–Kier alpha value is -4.02. The monoisotopic (exact) mass is 413 g/mol. The van der Waals surface area contributed by atoms with Crippen molar-refractivity contribution in [2.24, 2.45) is 0 Å². The number of aromatic nitrogens is 5. The summed E-state index contributed by atoms with van der Waals surface area (Å²) in [6.07, 6.45) is 0.193. The van der Waals surface area contributed by atoms with Crippen LogP contribution in [0.15, 0.2) is 42.7 Å². The van der Waals surface area contributed by atoms with Crippen LogP contribution < -0.4 is 10.6 Å². The third-order valence-electron chi connectivity index (χ3n) is 4.08. The van der Waals surface area contributed by atoms with Gasteiger partial charge in [-0.3, -0.25) is 4.79 Å². The van der Waals surface area contributed by atoms with E-state index in [0.29, 0.717) is 11.0 Å². The Morgan fingerprint density at radius 1 is 1.10 bits per heavy atom. The van der Waals surface area contributed by atoms with E-state index in [0.717, 1.165) is 0 Å². The van der Waals surface area contributed by atoms with E-state index in [4.69, 9.17) is 0 Å². The summed E-state index contributed by atoms with van der Waals surface area (Å²) in [5.41, 5.74) is 0.150. The topological polar surface area (TPSA) is 108 Å². The van der Waals surface area contributed by atoms with E-state index in [1.165, 1.54) is 37.4 Å². The zero-order chi connectivity index (χ0) is 21.3. The second-order valence-corrected chi connectivity index (χ2v) is 6.21. The van der Waals surface area contributed by atoms with Crippen molar-refractivity contribution in [1.82, 2.24) is 24.9 Å². The molecule has 0 aromatic carbocycles. The van der Waals surface area contributed by atoms with Crippen molar-refractivity contribution >= 4 is 34.3 Å². The fraction of sp³-hybridized carbons (Fsp3) is 0.105. The predicted octanol–water partition coefficient (Wildman–Crippen LogP) is 4.19. The van der Waals surface area contributed by atoms with Gasteiger partial charge in [0.1, 0.15) is 22.9 Å². The number of pyridine rings is 2. The average molecular weight is 413 g/mol. The summed E-state index contributed by atoms with van der Waals surface area (Å²) in [6, 6.07) is 7.19. The molecule has 0 aliphatic rings. The highest BCUT2D eigenvalue weighted by atomic mass is 19.3. The molecule has 4 heterocycles. The molecule has 4 rings (SSSR count). The van der Waals surface area contributed by atoms with Crippen molar-refractivity contribution in [2.45, 2.75) is 13.3 Å². The smallest absolute Gasteiger partial charge is 0.280 e. The molecule has 0 unspecified atom stereocenters. The lowest BCUT2D eigenvalue weighted by Crippen LogP contribution is -2.10. The van der Waals surface area contributed by atoms with Crippen molar-refractivity contribution in [2.75, 3.05) is 10.6 Å². The van der Waals surface area contributed by atoms with E-state index in [9.17, 15) is 18.0 Å². The van der Waals surface area contributed by atoms with E-state index < -0.39 is 23.8 Å². The SMILES string of the molecule is CC(=O)Nc1nccc(Nc2nc(-c3cccc(C(F)F)n3)nc3[nH]ccc23)c1F. The van der Waals surface area contributed by atoms with Gasteiger partial charge >= 0.3 is 0 Å². The minimum Gasteiger partial charge on any atom is -0.346 e. The zero-order valence-electron chi connectivity index (χ0n) is 15.4. The van der Waals surface area contributed by atoms with Gasteiger partial charge in [-0.05, 0) is 24.3 Å². The Kier molecular flexibility index (Phi) is 5.00. The van der Waals surface area contributed by atoms with E-state index >= 15 is 0 Å². The van der Waals surface area contributed by atoms with Gasteiger partial charge in [-0.15, -0.1) is 0 Å². The highest BCUT2D eigenvalue weighted by Crippen LogP contribution is 2.29. The first-order chi connectivity index (χ1) is 14.4. The summed E-state index contributed by atoms with van der Waals surface area (Å²) in [5, 5.41) is 5.69. The molecule has 0 bridgehead atoms. The number of H-pyrrole nitrogens is 1. The number of rotatable bonds is 5. The molecular weight excluding hydrogens is 399 g/mol. The number of nitrogens with zero attached hydrogens (tertiary/aromatic N) is 4. The van der Waals surface area contributed by atoms with E-state index in [1.54, 1.807) is 12.3 Å². The lowest BCUT2D eigenvalue weighted by Gasteiger charge is -2.11. The van der Waals surface area contributed by atoms with Gasteiger partial charge in [0.2, 0.25) is 5.91 Å². The summed E-state index contributed by atoms with van der Waals surface area (Å²) in [4.78, 5) is 30.5. The molecule has 0 aliphatic heterocycles. The number of fused-ring (bicyclic) bond motifs is 1. The van der Waals surface area contributed by atoms with Gasteiger partial charge in [0.25, 0.3) is 6.43 Å². The molecule has 11 heteroatoms.